The zero-order chi connectivity index (χ0) is 17.1. The van der Waals surface area contributed by atoms with E-state index in [1.54, 1.807) is 12.4 Å². The highest BCUT2D eigenvalue weighted by Gasteiger charge is 2.45. The maximum atomic E-state index is 12.5. The van der Waals surface area contributed by atoms with Crippen LogP contribution in [0.3, 0.4) is 0 Å². The summed E-state index contributed by atoms with van der Waals surface area (Å²) >= 11 is 0. The van der Waals surface area contributed by atoms with E-state index in [9.17, 15) is 4.79 Å². The van der Waals surface area contributed by atoms with Crippen molar-refractivity contribution in [3.05, 3.63) is 66.0 Å². The van der Waals surface area contributed by atoms with Gasteiger partial charge < -0.3 is 10.2 Å². The molecule has 1 spiro atoms. The lowest BCUT2D eigenvalue weighted by Gasteiger charge is -2.39. The molecule has 1 N–H and O–H groups in total. The lowest BCUT2D eigenvalue weighted by Crippen LogP contribution is -2.51. The predicted octanol–water partition coefficient (Wildman–Crippen LogP) is 2.76. The molecule has 1 amide bonds. The number of benzene rings is 1. The Bertz CT molecular complexity index is 708. The first kappa shape index (κ1) is 16.3. The molecular weight excluding hydrogens is 310 g/mol. The van der Waals surface area contributed by atoms with E-state index in [1.165, 1.54) is 5.56 Å². The maximum absolute atomic E-state index is 12.5. The third-order valence-electron chi connectivity index (χ3n) is 5.78. The summed E-state index contributed by atoms with van der Waals surface area (Å²) in [6.45, 7) is 3.23. The van der Waals surface area contributed by atoms with Crippen molar-refractivity contribution in [3.8, 4) is 0 Å². The van der Waals surface area contributed by atoms with Crippen LogP contribution in [0.4, 0.5) is 0 Å². The van der Waals surface area contributed by atoms with Crippen LogP contribution in [0.5, 0.6) is 0 Å². The number of likely N-dealkylation sites (tertiary alicyclic amines) is 1. The zero-order valence-corrected chi connectivity index (χ0v) is 14.5. The van der Waals surface area contributed by atoms with Crippen LogP contribution in [-0.2, 0) is 11.2 Å². The van der Waals surface area contributed by atoms with Gasteiger partial charge in [0.2, 0.25) is 5.91 Å². The average Bonchev–Trinajstić information content (AvgIpc) is 2.99. The van der Waals surface area contributed by atoms with Crippen molar-refractivity contribution >= 4 is 5.91 Å². The molecule has 4 nitrogen and oxygen atoms in total. The van der Waals surface area contributed by atoms with E-state index in [4.69, 9.17) is 0 Å². The fourth-order valence-corrected chi connectivity index (χ4v) is 4.21. The zero-order valence-electron chi connectivity index (χ0n) is 14.5. The Hall–Kier alpha value is -2.20. The molecule has 1 aromatic carbocycles. The normalized spacial score (nSPS) is 22.9. The molecule has 1 atom stereocenters. The van der Waals surface area contributed by atoms with Crippen LogP contribution in [0, 0.1) is 0 Å². The molecule has 2 aliphatic heterocycles. The average molecular weight is 335 g/mol. The molecule has 0 radical (unpaired) electrons. The number of carbonyl (C=O) groups excluding carboxylic acids is 1. The first-order valence-electron chi connectivity index (χ1n) is 9.22. The Morgan fingerprint density at radius 2 is 1.80 bits per heavy atom. The summed E-state index contributed by atoms with van der Waals surface area (Å²) < 4.78 is 0. The Kier molecular flexibility index (Phi) is 4.53. The molecule has 2 saturated heterocycles. The fourth-order valence-electron chi connectivity index (χ4n) is 4.21. The number of aromatic nitrogens is 1. The molecule has 2 aliphatic rings. The molecule has 4 heteroatoms. The molecule has 0 saturated carbocycles. The van der Waals surface area contributed by atoms with Crippen molar-refractivity contribution < 1.29 is 4.79 Å². The number of carbonyl (C=O) groups is 1. The Labute approximate surface area is 149 Å². The van der Waals surface area contributed by atoms with Crippen LogP contribution in [0.2, 0.25) is 0 Å². The van der Waals surface area contributed by atoms with Crippen LogP contribution in [0.15, 0.2) is 54.9 Å². The van der Waals surface area contributed by atoms with Gasteiger partial charge in [0.1, 0.15) is 0 Å². The highest BCUT2D eigenvalue weighted by atomic mass is 16.2. The monoisotopic (exact) mass is 335 g/mol. The van der Waals surface area contributed by atoms with Gasteiger partial charge in [-0.1, -0.05) is 30.3 Å². The lowest BCUT2D eigenvalue weighted by atomic mass is 9.82. The van der Waals surface area contributed by atoms with Crippen LogP contribution in [0.1, 0.15) is 36.3 Å². The summed E-state index contributed by atoms with van der Waals surface area (Å²) in [4.78, 5) is 19.1. The first-order valence-corrected chi connectivity index (χ1v) is 9.22. The van der Waals surface area contributed by atoms with E-state index in [0.717, 1.165) is 50.9 Å². The highest BCUT2D eigenvalue weighted by Crippen LogP contribution is 2.39. The summed E-state index contributed by atoms with van der Waals surface area (Å²) in [5.74, 6) is 0.169. The summed E-state index contributed by atoms with van der Waals surface area (Å²) in [6.07, 6.45) is 7.67. The summed E-state index contributed by atoms with van der Waals surface area (Å²) in [5, 5.41) is 3.33. The second kappa shape index (κ2) is 6.96. The van der Waals surface area contributed by atoms with Crippen molar-refractivity contribution in [1.29, 1.82) is 0 Å². The van der Waals surface area contributed by atoms with Gasteiger partial charge in [-0.3, -0.25) is 9.78 Å². The van der Waals surface area contributed by atoms with Gasteiger partial charge in [0.05, 0.1) is 5.92 Å². The number of nitrogens with zero attached hydrogens (tertiary/aromatic N) is 2. The number of hydrogen-bond acceptors (Lipinski definition) is 3. The molecule has 2 aromatic rings. The van der Waals surface area contributed by atoms with Crippen molar-refractivity contribution in [2.75, 3.05) is 19.6 Å². The lowest BCUT2D eigenvalue weighted by molar-refractivity contribution is -0.121. The predicted molar refractivity (Wildman–Crippen MR) is 98.3 cm³/mol. The molecule has 0 aliphatic carbocycles. The molecule has 1 aromatic heterocycles. The highest BCUT2D eigenvalue weighted by molar-refractivity contribution is 5.87. The van der Waals surface area contributed by atoms with Crippen LogP contribution in [-0.4, -0.2) is 41.0 Å². The molecule has 0 unspecified atom stereocenters. The van der Waals surface area contributed by atoms with E-state index >= 15 is 0 Å². The molecule has 3 heterocycles. The van der Waals surface area contributed by atoms with Crippen molar-refractivity contribution in [3.63, 3.8) is 0 Å². The number of hydrogen-bond donors (Lipinski definition) is 1. The SMILES string of the molecule is O=C1NC2(CCN(CCc3ccccc3)CC2)C[C@H]1c1ccncc1. The number of amides is 1. The van der Waals surface area contributed by atoms with Gasteiger partial charge in [-0.25, -0.2) is 0 Å². The van der Waals surface area contributed by atoms with Crippen LogP contribution in [0.25, 0.3) is 0 Å². The van der Waals surface area contributed by atoms with Crippen LogP contribution < -0.4 is 5.32 Å². The minimum absolute atomic E-state index is 0.00569. The maximum Gasteiger partial charge on any atom is 0.228 e. The molecule has 25 heavy (non-hydrogen) atoms. The quantitative estimate of drug-likeness (QED) is 0.934. The number of nitrogens with one attached hydrogen (secondary N) is 1. The summed E-state index contributed by atoms with van der Waals surface area (Å²) in [7, 11) is 0. The number of pyridine rings is 1. The summed E-state index contributed by atoms with van der Waals surface area (Å²) in [6, 6.07) is 14.6. The molecule has 130 valence electrons. The van der Waals surface area contributed by atoms with Crippen molar-refractivity contribution in [1.82, 2.24) is 15.2 Å². The van der Waals surface area contributed by atoms with Crippen LogP contribution >= 0.6 is 0 Å². The van der Waals surface area contributed by atoms with E-state index in [1.807, 2.05) is 12.1 Å². The van der Waals surface area contributed by atoms with Gasteiger partial charge in [0, 0.05) is 37.6 Å². The third-order valence-corrected chi connectivity index (χ3v) is 5.78. The first-order chi connectivity index (χ1) is 12.2. The van der Waals surface area contributed by atoms with Gasteiger partial charge >= 0.3 is 0 Å². The van der Waals surface area contributed by atoms with E-state index < -0.39 is 0 Å². The molecule has 0 bridgehead atoms. The molecular formula is C21H25N3O. The second-order valence-electron chi connectivity index (χ2n) is 7.38. The second-order valence-corrected chi connectivity index (χ2v) is 7.38. The minimum Gasteiger partial charge on any atom is -0.350 e. The molecule has 2 fully saturated rings. The third kappa shape index (κ3) is 3.59. The topological polar surface area (TPSA) is 45.2 Å². The van der Waals surface area contributed by atoms with Gasteiger partial charge in [-0.05, 0) is 48.9 Å². The minimum atomic E-state index is -0.0149. The van der Waals surface area contributed by atoms with Crippen molar-refractivity contribution in [2.24, 2.45) is 0 Å². The van der Waals surface area contributed by atoms with Crippen molar-refractivity contribution in [2.45, 2.75) is 37.1 Å². The number of rotatable bonds is 4. The van der Waals surface area contributed by atoms with Gasteiger partial charge in [-0.15, -0.1) is 0 Å². The smallest absolute Gasteiger partial charge is 0.228 e. The van der Waals surface area contributed by atoms with E-state index in [2.05, 4.69) is 45.5 Å². The van der Waals surface area contributed by atoms with E-state index in [0.29, 0.717) is 0 Å². The summed E-state index contributed by atoms with van der Waals surface area (Å²) in [5.41, 5.74) is 2.49. The Balaban J connectivity index is 1.33. The Morgan fingerprint density at radius 1 is 1.08 bits per heavy atom. The molecule has 4 rings (SSSR count). The standard InChI is InChI=1S/C21H25N3O/c25-20-19(18-6-11-22-12-7-18)16-21(23-20)9-14-24(15-10-21)13-8-17-4-2-1-3-5-17/h1-7,11-12,19H,8-10,13-16H2,(H,23,25)/t19-/m0/s1. The number of piperidine rings is 1. The Morgan fingerprint density at radius 3 is 2.52 bits per heavy atom. The fraction of sp³-hybridized carbons (Fsp3) is 0.429. The largest absolute Gasteiger partial charge is 0.350 e. The van der Waals surface area contributed by atoms with E-state index in [-0.39, 0.29) is 17.4 Å². The van der Waals surface area contributed by atoms with Gasteiger partial charge in [0.15, 0.2) is 0 Å². The van der Waals surface area contributed by atoms with Gasteiger partial charge in [0.25, 0.3) is 0 Å². The van der Waals surface area contributed by atoms with Gasteiger partial charge in [-0.2, -0.15) is 0 Å².